The molecular weight excluding hydrogens is 411 g/mol. The highest BCUT2D eigenvalue weighted by Gasteiger charge is 2.22. The van der Waals surface area contributed by atoms with Crippen LogP contribution in [0, 0.1) is 5.82 Å². The number of aryl methyl sites for hydroxylation is 1. The Morgan fingerprint density at radius 3 is 2.28 bits per heavy atom. The van der Waals surface area contributed by atoms with Crippen LogP contribution in [0.5, 0.6) is 17.2 Å². The van der Waals surface area contributed by atoms with Crippen molar-refractivity contribution in [1.82, 2.24) is 9.55 Å². The molecule has 0 aliphatic rings. The van der Waals surface area contributed by atoms with E-state index in [9.17, 15) is 9.18 Å². The van der Waals surface area contributed by atoms with Crippen LogP contribution in [0.25, 0.3) is 22.3 Å². The third kappa shape index (κ3) is 3.89. The Kier molecular flexibility index (Phi) is 6.07. The monoisotopic (exact) mass is 434 g/mol. The molecule has 0 saturated carbocycles. The molecule has 0 aliphatic carbocycles. The van der Waals surface area contributed by atoms with Crippen molar-refractivity contribution in [3.63, 3.8) is 0 Å². The Morgan fingerprint density at radius 1 is 0.875 bits per heavy atom. The molecule has 3 aromatic carbocycles. The van der Waals surface area contributed by atoms with Gasteiger partial charge in [-0.05, 0) is 48.4 Å². The van der Waals surface area contributed by atoms with Crippen molar-refractivity contribution in [2.75, 3.05) is 21.3 Å². The number of hydrogen-bond donors (Lipinski definition) is 0. The fourth-order valence-corrected chi connectivity index (χ4v) is 3.75. The van der Waals surface area contributed by atoms with Gasteiger partial charge in [0.1, 0.15) is 11.6 Å². The van der Waals surface area contributed by atoms with E-state index >= 15 is 0 Å². The summed E-state index contributed by atoms with van der Waals surface area (Å²) in [6.07, 6.45) is 0.531. The van der Waals surface area contributed by atoms with Gasteiger partial charge in [0.15, 0.2) is 11.5 Å². The number of aromatic nitrogens is 2. The highest BCUT2D eigenvalue weighted by atomic mass is 19.1. The number of rotatable bonds is 7. The van der Waals surface area contributed by atoms with Crippen molar-refractivity contribution in [1.29, 1.82) is 0 Å². The van der Waals surface area contributed by atoms with E-state index in [1.54, 1.807) is 48.1 Å². The fraction of sp³-hybridized carbons (Fsp3) is 0.200. The van der Waals surface area contributed by atoms with Gasteiger partial charge < -0.3 is 14.2 Å². The Hall–Kier alpha value is -3.87. The largest absolute Gasteiger partial charge is 0.493 e. The van der Waals surface area contributed by atoms with Crippen LogP contribution in [0.15, 0.2) is 65.5 Å². The van der Waals surface area contributed by atoms with Crippen molar-refractivity contribution in [2.45, 2.75) is 13.0 Å². The number of halogens is 1. The maximum atomic E-state index is 13.4. The predicted octanol–water partition coefficient (Wildman–Crippen LogP) is 4.47. The lowest BCUT2D eigenvalue weighted by Gasteiger charge is -2.19. The van der Waals surface area contributed by atoms with Gasteiger partial charge in [-0.15, -0.1) is 0 Å². The number of benzene rings is 3. The zero-order chi connectivity index (χ0) is 22.7. The molecular formula is C25H23FN2O4. The average Bonchev–Trinajstić information content (AvgIpc) is 2.83. The number of methoxy groups -OCH3 is 3. The summed E-state index contributed by atoms with van der Waals surface area (Å²) in [6, 6.07) is 17.0. The molecule has 0 bridgehead atoms. The number of ether oxygens (including phenoxy) is 3. The minimum atomic E-state index is -0.297. The van der Waals surface area contributed by atoms with Gasteiger partial charge in [-0.3, -0.25) is 9.36 Å². The fourth-order valence-electron chi connectivity index (χ4n) is 3.75. The third-order valence-corrected chi connectivity index (χ3v) is 5.34. The zero-order valence-electron chi connectivity index (χ0n) is 18.1. The van der Waals surface area contributed by atoms with Gasteiger partial charge in [0.05, 0.1) is 37.8 Å². The number of hydrogen-bond acceptors (Lipinski definition) is 5. The first kappa shape index (κ1) is 21.4. The quantitative estimate of drug-likeness (QED) is 0.429. The van der Waals surface area contributed by atoms with E-state index in [-0.39, 0.29) is 11.4 Å². The van der Waals surface area contributed by atoms with Gasteiger partial charge in [0.25, 0.3) is 5.56 Å². The van der Waals surface area contributed by atoms with Gasteiger partial charge in [0.2, 0.25) is 5.75 Å². The first-order chi connectivity index (χ1) is 15.6. The summed E-state index contributed by atoms with van der Waals surface area (Å²) in [4.78, 5) is 18.2. The molecule has 4 rings (SSSR count). The zero-order valence-corrected chi connectivity index (χ0v) is 18.1. The predicted molar refractivity (Wildman–Crippen MR) is 121 cm³/mol. The van der Waals surface area contributed by atoms with E-state index in [0.29, 0.717) is 52.5 Å². The second-order valence-corrected chi connectivity index (χ2v) is 7.17. The van der Waals surface area contributed by atoms with Gasteiger partial charge in [-0.2, -0.15) is 0 Å². The smallest absolute Gasteiger partial charge is 0.261 e. The molecule has 0 atom stereocenters. The maximum absolute atomic E-state index is 13.4. The van der Waals surface area contributed by atoms with Crippen LogP contribution in [0.1, 0.15) is 5.56 Å². The lowest BCUT2D eigenvalue weighted by Crippen LogP contribution is -2.24. The van der Waals surface area contributed by atoms with E-state index in [1.807, 2.05) is 12.1 Å². The molecule has 0 radical (unpaired) electrons. The first-order valence-corrected chi connectivity index (χ1v) is 10.1. The molecule has 0 fully saturated rings. The lowest BCUT2D eigenvalue weighted by atomic mass is 10.1. The summed E-state index contributed by atoms with van der Waals surface area (Å²) in [5.74, 6) is 1.50. The molecule has 32 heavy (non-hydrogen) atoms. The summed E-state index contributed by atoms with van der Waals surface area (Å²) in [7, 11) is 4.60. The van der Waals surface area contributed by atoms with Crippen LogP contribution in [-0.4, -0.2) is 30.9 Å². The molecule has 6 nitrogen and oxygen atoms in total. The van der Waals surface area contributed by atoms with Gasteiger partial charge in [-0.25, -0.2) is 9.37 Å². The first-order valence-electron chi connectivity index (χ1n) is 10.1. The van der Waals surface area contributed by atoms with Crippen LogP contribution >= 0.6 is 0 Å². The standard InChI is InChI=1S/C25H23FN2O4/c1-30-21-13-12-19(22(31-2)23(21)32-3)24-27-20-7-5-4-6-18(20)25(29)28(24)15-14-16-8-10-17(26)11-9-16/h4-13H,14-15H2,1-3H3. The number of fused-ring (bicyclic) bond motifs is 1. The Bertz CT molecular complexity index is 1320. The van der Waals surface area contributed by atoms with E-state index in [0.717, 1.165) is 5.56 Å². The summed E-state index contributed by atoms with van der Waals surface area (Å²) in [5, 5.41) is 0.523. The summed E-state index contributed by atoms with van der Waals surface area (Å²) >= 11 is 0. The van der Waals surface area contributed by atoms with E-state index in [2.05, 4.69) is 0 Å². The van der Waals surface area contributed by atoms with Crippen molar-refractivity contribution < 1.29 is 18.6 Å². The van der Waals surface area contributed by atoms with Crippen LogP contribution in [-0.2, 0) is 13.0 Å². The average molecular weight is 434 g/mol. The van der Waals surface area contributed by atoms with Crippen LogP contribution in [0.2, 0.25) is 0 Å². The molecule has 0 aliphatic heterocycles. The topological polar surface area (TPSA) is 62.6 Å². The molecule has 0 saturated heterocycles. The number of para-hydroxylation sites is 1. The highest BCUT2D eigenvalue weighted by molar-refractivity contribution is 5.81. The van der Waals surface area contributed by atoms with E-state index in [4.69, 9.17) is 19.2 Å². The molecule has 1 heterocycles. The van der Waals surface area contributed by atoms with Crippen LogP contribution < -0.4 is 19.8 Å². The van der Waals surface area contributed by atoms with Crippen molar-refractivity contribution in [3.8, 4) is 28.6 Å². The normalized spacial score (nSPS) is 10.9. The van der Waals surface area contributed by atoms with Crippen LogP contribution in [0.3, 0.4) is 0 Å². The second kappa shape index (κ2) is 9.09. The molecule has 164 valence electrons. The summed E-state index contributed by atoms with van der Waals surface area (Å²) in [6.45, 7) is 0.356. The van der Waals surface area contributed by atoms with E-state index in [1.165, 1.54) is 26.4 Å². The van der Waals surface area contributed by atoms with Crippen LogP contribution in [0.4, 0.5) is 4.39 Å². The minimum absolute atomic E-state index is 0.162. The molecule has 0 spiro atoms. The maximum Gasteiger partial charge on any atom is 0.261 e. The van der Waals surface area contributed by atoms with Gasteiger partial charge in [-0.1, -0.05) is 24.3 Å². The Labute approximate surface area is 184 Å². The molecule has 0 amide bonds. The third-order valence-electron chi connectivity index (χ3n) is 5.34. The van der Waals surface area contributed by atoms with Crippen molar-refractivity contribution in [2.24, 2.45) is 0 Å². The summed E-state index contributed by atoms with van der Waals surface area (Å²) in [5.41, 5.74) is 1.94. The lowest BCUT2D eigenvalue weighted by molar-refractivity contribution is 0.325. The number of nitrogens with zero attached hydrogens (tertiary/aromatic N) is 2. The molecule has 4 aromatic rings. The minimum Gasteiger partial charge on any atom is -0.493 e. The second-order valence-electron chi connectivity index (χ2n) is 7.17. The van der Waals surface area contributed by atoms with Crippen molar-refractivity contribution >= 4 is 10.9 Å². The molecule has 1 aromatic heterocycles. The Balaban J connectivity index is 1.91. The molecule has 0 unspecified atom stereocenters. The SMILES string of the molecule is COc1ccc(-c2nc3ccccc3c(=O)n2CCc2ccc(F)cc2)c(OC)c1OC. The van der Waals surface area contributed by atoms with E-state index < -0.39 is 0 Å². The molecule has 7 heteroatoms. The van der Waals surface area contributed by atoms with Gasteiger partial charge >= 0.3 is 0 Å². The van der Waals surface area contributed by atoms with Crippen molar-refractivity contribution in [3.05, 3.63) is 82.4 Å². The van der Waals surface area contributed by atoms with Gasteiger partial charge in [0, 0.05) is 6.54 Å². The summed E-state index contributed by atoms with van der Waals surface area (Å²) < 4.78 is 31.5. The molecule has 0 N–H and O–H groups in total. The Morgan fingerprint density at radius 2 is 1.59 bits per heavy atom. The highest BCUT2D eigenvalue weighted by Crippen LogP contribution is 2.43.